The van der Waals surface area contributed by atoms with Crippen LogP contribution < -0.4 is 5.32 Å². The van der Waals surface area contributed by atoms with Crippen LogP contribution in [0.3, 0.4) is 0 Å². The number of aliphatic carboxylic acids is 1. The summed E-state index contributed by atoms with van der Waals surface area (Å²) in [5, 5.41) is 17.7. The fraction of sp³-hybridized carbons (Fsp3) is 0.348. The van der Waals surface area contributed by atoms with Gasteiger partial charge in [0.15, 0.2) is 0 Å². The van der Waals surface area contributed by atoms with Crippen LogP contribution in [-0.2, 0) is 11.3 Å². The Hall–Kier alpha value is -2.20. The maximum absolute atomic E-state index is 14.0. The van der Waals surface area contributed by atoms with E-state index in [1.807, 2.05) is 28.7 Å². The second-order valence-corrected chi connectivity index (χ2v) is 10.5. The highest BCUT2D eigenvalue weighted by atomic mass is 127. The Morgan fingerprint density at radius 3 is 2.69 bits per heavy atom. The average molecular weight is 568 g/mol. The molecule has 1 amide bonds. The molecular weight excluding hydrogens is 548 g/mol. The van der Waals surface area contributed by atoms with Gasteiger partial charge >= 0.3 is 5.97 Å². The second kappa shape index (κ2) is 7.98. The number of amides is 1. The molecule has 0 radical (unpaired) electrons. The van der Waals surface area contributed by atoms with Crippen molar-refractivity contribution in [3.63, 3.8) is 0 Å². The van der Waals surface area contributed by atoms with Crippen molar-refractivity contribution in [3.05, 3.63) is 62.1 Å². The third-order valence-corrected chi connectivity index (χ3v) is 7.92. The van der Waals surface area contributed by atoms with E-state index in [0.29, 0.717) is 44.4 Å². The molecule has 166 valence electrons. The van der Waals surface area contributed by atoms with Crippen LogP contribution >= 0.6 is 34.2 Å². The number of hydrogen-bond acceptors (Lipinski definition) is 3. The number of carboxylic acid groups (broad SMARTS) is 1. The summed E-state index contributed by atoms with van der Waals surface area (Å²) in [5.41, 5.74) is 1.88. The quantitative estimate of drug-likeness (QED) is 0.432. The second-order valence-electron chi connectivity index (χ2n) is 8.93. The van der Waals surface area contributed by atoms with Gasteiger partial charge in [0.25, 0.3) is 5.91 Å². The lowest BCUT2D eigenvalue weighted by Gasteiger charge is -2.56. The van der Waals surface area contributed by atoms with Crippen LogP contribution in [0.25, 0.3) is 10.9 Å². The number of benzene rings is 2. The van der Waals surface area contributed by atoms with Gasteiger partial charge in [0.2, 0.25) is 0 Å². The Bertz CT molecular complexity index is 1250. The number of carbonyl (C=O) groups excluding carboxylic acids is 1. The number of carbonyl (C=O) groups is 2. The Balaban J connectivity index is 1.35. The maximum atomic E-state index is 14.0. The van der Waals surface area contributed by atoms with E-state index in [-0.39, 0.29) is 29.1 Å². The molecule has 2 fully saturated rings. The van der Waals surface area contributed by atoms with E-state index in [2.05, 4.69) is 10.4 Å². The lowest BCUT2D eigenvalue weighted by Crippen LogP contribution is -2.57. The van der Waals surface area contributed by atoms with Gasteiger partial charge < -0.3 is 10.4 Å². The van der Waals surface area contributed by atoms with E-state index < -0.39 is 5.97 Å². The molecule has 2 aromatic carbocycles. The van der Waals surface area contributed by atoms with E-state index in [1.54, 1.807) is 29.1 Å². The van der Waals surface area contributed by atoms with Crippen molar-refractivity contribution in [2.24, 2.45) is 11.3 Å². The third kappa shape index (κ3) is 3.77. The summed E-state index contributed by atoms with van der Waals surface area (Å²) in [5.74, 6) is -1.48. The van der Waals surface area contributed by atoms with Crippen molar-refractivity contribution >= 4 is 57.0 Å². The zero-order chi connectivity index (χ0) is 22.6. The molecule has 0 saturated heterocycles. The fourth-order valence-corrected chi connectivity index (χ4v) is 5.66. The molecule has 32 heavy (non-hydrogen) atoms. The van der Waals surface area contributed by atoms with Crippen molar-refractivity contribution in [2.75, 3.05) is 0 Å². The predicted octanol–water partition coefficient (Wildman–Crippen LogP) is 4.85. The number of nitrogens with zero attached hydrogens (tertiary/aromatic N) is 2. The molecule has 0 bridgehead atoms. The van der Waals surface area contributed by atoms with Gasteiger partial charge in [-0.15, -0.1) is 0 Å². The summed E-state index contributed by atoms with van der Waals surface area (Å²) in [6.07, 6.45) is 4.62. The van der Waals surface area contributed by atoms with Gasteiger partial charge in [-0.2, -0.15) is 5.10 Å². The Morgan fingerprint density at radius 2 is 2.00 bits per heavy atom. The maximum Gasteiger partial charge on any atom is 0.306 e. The van der Waals surface area contributed by atoms with E-state index in [1.165, 1.54) is 6.07 Å². The molecule has 0 unspecified atom stereocenters. The van der Waals surface area contributed by atoms with Crippen LogP contribution in [0.5, 0.6) is 0 Å². The van der Waals surface area contributed by atoms with Crippen LogP contribution in [0.15, 0.2) is 36.5 Å². The smallest absolute Gasteiger partial charge is 0.306 e. The predicted molar refractivity (Wildman–Crippen MR) is 126 cm³/mol. The molecule has 5 rings (SSSR count). The zero-order valence-corrected chi connectivity index (χ0v) is 19.9. The van der Waals surface area contributed by atoms with Gasteiger partial charge in [-0.25, -0.2) is 4.39 Å². The largest absolute Gasteiger partial charge is 0.481 e. The number of hydrogen-bond donors (Lipinski definition) is 2. The molecule has 2 N–H and O–H groups in total. The van der Waals surface area contributed by atoms with Gasteiger partial charge in [0.05, 0.1) is 34.8 Å². The fourth-order valence-electron chi connectivity index (χ4n) is 5.13. The van der Waals surface area contributed by atoms with Crippen molar-refractivity contribution in [1.29, 1.82) is 0 Å². The molecule has 2 aliphatic rings. The van der Waals surface area contributed by atoms with E-state index in [9.17, 15) is 14.0 Å². The van der Waals surface area contributed by atoms with Crippen LogP contribution in [0.1, 0.15) is 41.6 Å². The van der Waals surface area contributed by atoms with Crippen molar-refractivity contribution in [2.45, 2.75) is 38.3 Å². The Labute approximate surface area is 202 Å². The van der Waals surface area contributed by atoms with E-state index >= 15 is 0 Å². The minimum Gasteiger partial charge on any atom is -0.481 e. The minimum atomic E-state index is -0.729. The SMILES string of the molecule is O=C(NC1CC2(C1)CC(C(=O)O)C2)c1ccc(Cl)c2cnn(Cc3ccc(I)c(F)c3)c12. The summed E-state index contributed by atoms with van der Waals surface area (Å²) in [7, 11) is 0. The summed E-state index contributed by atoms with van der Waals surface area (Å²) < 4.78 is 16.2. The summed E-state index contributed by atoms with van der Waals surface area (Å²) >= 11 is 8.29. The van der Waals surface area contributed by atoms with E-state index in [4.69, 9.17) is 16.7 Å². The first-order valence-corrected chi connectivity index (χ1v) is 11.8. The van der Waals surface area contributed by atoms with Crippen LogP contribution in [0, 0.1) is 20.7 Å². The lowest BCUT2D eigenvalue weighted by atomic mass is 9.50. The highest BCUT2D eigenvalue weighted by molar-refractivity contribution is 14.1. The third-order valence-electron chi connectivity index (χ3n) is 6.71. The summed E-state index contributed by atoms with van der Waals surface area (Å²) in [4.78, 5) is 24.2. The van der Waals surface area contributed by atoms with Crippen LogP contribution in [-0.4, -0.2) is 32.8 Å². The molecule has 9 heteroatoms. The Morgan fingerprint density at radius 1 is 1.25 bits per heavy atom. The topological polar surface area (TPSA) is 84.2 Å². The van der Waals surface area contributed by atoms with Gasteiger partial charge in [0.1, 0.15) is 5.82 Å². The summed E-state index contributed by atoms with van der Waals surface area (Å²) in [6.45, 7) is 0.307. The molecule has 3 aromatic rings. The number of aromatic nitrogens is 2. The van der Waals surface area contributed by atoms with Gasteiger partial charge in [0, 0.05) is 15.0 Å². The zero-order valence-electron chi connectivity index (χ0n) is 16.9. The minimum absolute atomic E-state index is 0.0321. The number of nitrogens with one attached hydrogen (secondary N) is 1. The standard InChI is InChI=1S/C23H20ClFIN3O3/c24-17-3-2-15(21(30)28-14-8-23(9-14)6-13(7-23)22(31)32)20-16(17)10-27-29(20)11-12-1-4-19(26)18(25)5-12/h1-5,10,13-14H,6-9,11H2,(H,28,30)(H,31,32). The first-order valence-electron chi connectivity index (χ1n) is 10.4. The van der Waals surface area contributed by atoms with Crippen molar-refractivity contribution in [1.82, 2.24) is 15.1 Å². The normalized spacial score (nSPS) is 24.2. The van der Waals surface area contributed by atoms with E-state index in [0.717, 1.165) is 18.4 Å². The Kier molecular flexibility index (Phi) is 5.40. The van der Waals surface area contributed by atoms with Crippen LogP contribution in [0.4, 0.5) is 4.39 Å². The molecule has 0 aliphatic heterocycles. The molecule has 1 spiro atoms. The van der Waals surface area contributed by atoms with Gasteiger partial charge in [-0.1, -0.05) is 17.7 Å². The number of fused-ring (bicyclic) bond motifs is 1. The molecule has 0 atom stereocenters. The molecule has 1 aromatic heterocycles. The molecule has 2 aliphatic carbocycles. The molecular formula is C23H20ClFIN3O3. The summed E-state index contributed by atoms with van der Waals surface area (Å²) in [6, 6.07) is 8.41. The number of rotatable bonds is 5. The number of halogens is 3. The van der Waals surface area contributed by atoms with Crippen molar-refractivity contribution < 1.29 is 19.1 Å². The highest BCUT2D eigenvalue weighted by Crippen LogP contribution is 2.58. The molecule has 6 nitrogen and oxygen atoms in total. The average Bonchev–Trinajstić information content (AvgIpc) is 3.10. The lowest BCUT2D eigenvalue weighted by molar-refractivity contribution is -0.155. The van der Waals surface area contributed by atoms with Crippen molar-refractivity contribution in [3.8, 4) is 0 Å². The monoisotopic (exact) mass is 567 g/mol. The first-order chi connectivity index (χ1) is 15.2. The first kappa shape index (κ1) is 21.6. The van der Waals surface area contributed by atoms with Gasteiger partial charge in [-0.3, -0.25) is 14.3 Å². The molecule has 1 heterocycles. The van der Waals surface area contributed by atoms with Crippen LogP contribution in [0.2, 0.25) is 5.02 Å². The number of carboxylic acids is 1. The highest BCUT2D eigenvalue weighted by Gasteiger charge is 2.55. The molecule has 2 saturated carbocycles. The van der Waals surface area contributed by atoms with Gasteiger partial charge in [-0.05, 0) is 83.5 Å².